The van der Waals surface area contributed by atoms with Gasteiger partial charge in [-0.3, -0.25) is 9.59 Å². The minimum Gasteiger partial charge on any atom is -0.508 e. The number of aromatic hydroxyl groups is 3. The third-order valence-corrected chi connectivity index (χ3v) is 3.93. The van der Waals surface area contributed by atoms with Gasteiger partial charge in [0.05, 0.1) is 17.6 Å². The van der Waals surface area contributed by atoms with Crippen LogP contribution in [0, 0.1) is 0 Å². The number of benzene rings is 1. The molecule has 0 heterocycles. The average molecular weight is 332 g/mol. The summed E-state index contributed by atoms with van der Waals surface area (Å²) in [4.78, 5) is 23.6. The van der Waals surface area contributed by atoms with Gasteiger partial charge in [0, 0.05) is 35.4 Å². The van der Waals surface area contributed by atoms with E-state index in [1.165, 1.54) is 0 Å². The molecule has 0 amide bonds. The minimum atomic E-state index is -1.55. The number of carbonyl (C=O) groups is 2. The van der Waals surface area contributed by atoms with E-state index in [0.717, 1.165) is 24.3 Å². The van der Waals surface area contributed by atoms with Crippen molar-refractivity contribution in [3.63, 3.8) is 0 Å². The first-order valence-corrected chi connectivity index (χ1v) is 6.79. The molecule has 2 aliphatic rings. The number of aliphatic hydroxyl groups is 3. The van der Waals surface area contributed by atoms with E-state index < -0.39 is 52.4 Å². The third kappa shape index (κ3) is 2.12. The van der Waals surface area contributed by atoms with Crippen LogP contribution in [0.15, 0.2) is 46.9 Å². The highest BCUT2D eigenvalue weighted by molar-refractivity contribution is 6.13. The Morgan fingerprint density at radius 1 is 0.833 bits per heavy atom. The van der Waals surface area contributed by atoms with Gasteiger partial charge in [-0.2, -0.15) is 0 Å². The van der Waals surface area contributed by atoms with Crippen molar-refractivity contribution in [3.8, 4) is 17.2 Å². The first-order chi connectivity index (χ1) is 11.2. The summed E-state index contributed by atoms with van der Waals surface area (Å²) in [5, 5.41) is 58.7. The van der Waals surface area contributed by atoms with E-state index in [0.29, 0.717) is 0 Å². The zero-order valence-corrected chi connectivity index (χ0v) is 12.0. The molecule has 0 bridgehead atoms. The van der Waals surface area contributed by atoms with E-state index in [-0.39, 0.29) is 16.7 Å². The monoisotopic (exact) mass is 332 g/mol. The Hall–Kier alpha value is -3.26. The lowest BCUT2D eigenvalue weighted by atomic mass is 9.68. The number of allylic oxidation sites excluding steroid dienone is 2. The Morgan fingerprint density at radius 3 is 1.79 bits per heavy atom. The molecule has 6 N–H and O–H groups in total. The van der Waals surface area contributed by atoms with Crippen molar-refractivity contribution in [2.24, 2.45) is 0 Å². The van der Waals surface area contributed by atoms with Crippen LogP contribution in [0.3, 0.4) is 0 Å². The lowest BCUT2D eigenvalue weighted by Gasteiger charge is -2.36. The molecule has 124 valence electrons. The summed E-state index contributed by atoms with van der Waals surface area (Å²) in [6.07, 6.45) is 0.0172. The van der Waals surface area contributed by atoms with Gasteiger partial charge in [-0.1, -0.05) is 0 Å². The molecule has 0 radical (unpaired) electrons. The molecule has 0 saturated heterocycles. The molecule has 8 heteroatoms. The predicted octanol–water partition coefficient (Wildman–Crippen LogP) is 0.594. The van der Waals surface area contributed by atoms with E-state index in [2.05, 4.69) is 0 Å². The van der Waals surface area contributed by atoms with Crippen molar-refractivity contribution in [1.82, 2.24) is 0 Å². The number of Topliss-reactive ketones (excluding diaryl/α,β-unsaturated/α-hetero) is 1. The fraction of sp³-hybridized carbons (Fsp3) is 0.125. The smallest absolute Gasteiger partial charge is 0.186 e. The maximum Gasteiger partial charge on any atom is 0.186 e. The highest BCUT2D eigenvalue weighted by Crippen LogP contribution is 2.49. The molecule has 1 fully saturated rings. The van der Waals surface area contributed by atoms with Crippen LogP contribution in [-0.4, -0.2) is 48.3 Å². The number of aliphatic hydroxyl groups excluding tert-OH is 3. The SMILES string of the molecule is O=C1C=C(O)C(=C2C(=O)[C@@H](c3c(O)cc(O)cc3O)[C@H]2O)C(O)=C1. The fourth-order valence-electron chi connectivity index (χ4n) is 2.88. The van der Waals surface area contributed by atoms with Gasteiger partial charge < -0.3 is 30.6 Å². The summed E-state index contributed by atoms with van der Waals surface area (Å²) >= 11 is 0. The zero-order chi connectivity index (χ0) is 17.8. The molecule has 8 nitrogen and oxygen atoms in total. The van der Waals surface area contributed by atoms with Gasteiger partial charge in [-0.25, -0.2) is 0 Å². The van der Waals surface area contributed by atoms with Crippen LogP contribution in [0.5, 0.6) is 17.2 Å². The minimum absolute atomic E-state index is 0.284. The normalized spacial score (nSPS) is 23.7. The third-order valence-electron chi connectivity index (χ3n) is 3.93. The molecular formula is C16H12O8. The number of ketones is 2. The maximum absolute atomic E-state index is 12.4. The average Bonchev–Trinajstić information content (AvgIpc) is 2.46. The van der Waals surface area contributed by atoms with Crippen LogP contribution in [0.1, 0.15) is 11.5 Å². The standard InChI is InChI=1S/C16H12O8/c17-5-1-7(19)11(8(20)2-5)13-15(23)14(16(13)24)12-9(21)3-6(18)4-10(12)22/h1-4,13,15,17,19-23H/t13-,15+/m0/s1. The number of hydrogen-bond donors (Lipinski definition) is 6. The van der Waals surface area contributed by atoms with Gasteiger partial charge in [-0.15, -0.1) is 0 Å². The van der Waals surface area contributed by atoms with E-state index >= 15 is 0 Å². The number of carbonyl (C=O) groups excluding carboxylic acids is 2. The highest BCUT2D eigenvalue weighted by Gasteiger charge is 2.50. The lowest BCUT2D eigenvalue weighted by molar-refractivity contribution is -0.126. The summed E-state index contributed by atoms with van der Waals surface area (Å²) < 4.78 is 0. The van der Waals surface area contributed by atoms with Crippen LogP contribution < -0.4 is 0 Å². The quantitative estimate of drug-likeness (QED) is 0.408. The van der Waals surface area contributed by atoms with E-state index in [1.807, 2.05) is 0 Å². The molecule has 2 aliphatic carbocycles. The Kier molecular flexibility index (Phi) is 3.34. The Balaban J connectivity index is 2.07. The largest absolute Gasteiger partial charge is 0.508 e. The molecule has 0 aromatic heterocycles. The Morgan fingerprint density at radius 2 is 1.33 bits per heavy atom. The molecule has 3 rings (SSSR count). The molecule has 1 aromatic rings. The first-order valence-electron chi connectivity index (χ1n) is 6.79. The summed E-state index contributed by atoms with van der Waals surface area (Å²) in [7, 11) is 0. The molecule has 0 unspecified atom stereocenters. The van der Waals surface area contributed by atoms with Crippen molar-refractivity contribution < 1.29 is 40.2 Å². The number of phenols is 3. The summed E-state index contributed by atoms with van der Waals surface area (Å²) in [5.74, 6) is -5.73. The van der Waals surface area contributed by atoms with Crippen molar-refractivity contribution in [3.05, 3.63) is 52.5 Å². The lowest BCUT2D eigenvalue weighted by Crippen LogP contribution is -2.44. The second-order valence-electron chi connectivity index (χ2n) is 5.43. The summed E-state index contributed by atoms with van der Waals surface area (Å²) in [5.41, 5.74) is -1.00. The second-order valence-corrected chi connectivity index (χ2v) is 5.43. The molecule has 24 heavy (non-hydrogen) atoms. The van der Waals surface area contributed by atoms with Gasteiger partial charge in [0.15, 0.2) is 11.6 Å². The number of hydrogen-bond acceptors (Lipinski definition) is 8. The van der Waals surface area contributed by atoms with E-state index in [1.54, 1.807) is 0 Å². The van der Waals surface area contributed by atoms with Gasteiger partial charge in [0.1, 0.15) is 28.8 Å². The maximum atomic E-state index is 12.4. The van der Waals surface area contributed by atoms with Crippen molar-refractivity contribution >= 4 is 11.6 Å². The Labute approximate surface area is 134 Å². The van der Waals surface area contributed by atoms with Gasteiger partial charge in [0.2, 0.25) is 0 Å². The van der Waals surface area contributed by atoms with Crippen LogP contribution in [0.2, 0.25) is 0 Å². The Bertz CT molecular complexity index is 827. The van der Waals surface area contributed by atoms with Gasteiger partial charge in [0.25, 0.3) is 0 Å². The zero-order valence-electron chi connectivity index (χ0n) is 12.0. The molecule has 1 saturated carbocycles. The molecule has 0 aliphatic heterocycles. The van der Waals surface area contributed by atoms with Crippen LogP contribution in [-0.2, 0) is 9.59 Å². The van der Waals surface area contributed by atoms with Crippen molar-refractivity contribution in [2.45, 2.75) is 12.0 Å². The second kappa shape index (κ2) is 5.14. The molecule has 2 atom stereocenters. The highest BCUT2D eigenvalue weighted by atomic mass is 16.3. The number of phenolic OH excluding ortho intramolecular Hbond substituents is 3. The molecular weight excluding hydrogens is 320 g/mol. The summed E-state index contributed by atoms with van der Waals surface area (Å²) in [6, 6.07) is 1.79. The van der Waals surface area contributed by atoms with Gasteiger partial charge in [-0.05, 0) is 0 Å². The summed E-state index contributed by atoms with van der Waals surface area (Å²) in [6.45, 7) is 0. The topological polar surface area (TPSA) is 156 Å². The number of rotatable bonds is 1. The molecule has 0 spiro atoms. The van der Waals surface area contributed by atoms with E-state index in [9.17, 15) is 40.2 Å². The molecule has 1 aromatic carbocycles. The van der Waals surface area contributed by atoms with Crippen LogP contribution in [0.4, 0.5) is 0 Å². The van der Waals surface area contributed by atoms with Crippen LogP contribution in [0.25, 0.3) is 0 Å². The van der Waals surface area contributed by atoms with Crippen molar-refractivity contribution in [1.29, 1.82) is 0 Å². The van der Waals surface area contributed by atoms with E-state index in [4.69, 9.17) is 0 Å². The first kappa shape index (κ1) is 15.6. The fourth-order valence-corrected chi connectivity index (χ4v) is 2.88. The predicted molar refractivity (Wildman–Crippen MR) is 78.6 cm³/mol. The van der Waals surface area contributed by atoms with Crippen molar-refractivity contribution in [2.75, 3.05) is 0 Å². The van der Waals surface area contributed by atoms with Gasteiger partial charge >= 0.3 is 0 Å². The van der Waals surface area contributed by atoms with Crippen LogP contribution >= 0.6 is 0 Å².